The highest BCUT2D eigenvalue weighted by atomic mass is 16.2. The van der Waals surface area contributed by atoms with Gasteiger partial charge >= 0.3 is 0 Å². The molecule has 0 saturated heterocycles. The summed E-state index contributed by atoms with van der Waals surface area (Å²) in [6.07, 6.45) is 5.32. The molecule has 1 saturated carbocycles. The first-order chi connectivity index (χ1) is 10.2. The van der Waals surface area contributed by atoms with Gasteiger partial charge in [-0.05, 0) is 24.5 Å². The summed E-state index contributed by atoms with van der Waals surface area (Å²) in [6, 6.07) is 7.13. The Bertz CT molecular complexity index is 587. The van der Waals surface area contributed by atoms with Crippen LogP contribution < -0.4 is 0 Å². The lowest BCUT2D eigenvalue weighted by Gasteiger charge is -2.28. The molecule has 110 valence electrons. The number of fused-ring (bicyclic) bond motifs is 1. The molecule has 1 fully saturated rings. The number of nitrogens with zero attached hydrogens (tertiary/aromatic N) is 1. The van der Waals surface area contributed by atoms with Crippen molar-refractivity contribution in [1.82, 2.24) is 4.90 Å². The predicted octanol–water partition coefficient (Wildman–Crippen LogP) is 2.36. The molecule has 1 aliphatic carbocycles. The normalized spacial score (nSPS) is 19.5. The maximum absolute atomic E-state index is 12.4. The molecule has 0 N–H and O–H groups in total. The van der Waals surface area contributed by atoms with Crippen LogP contribution in [0.2, 0.25) is 0 Å². The minimum absolute atomic E-state index is 0.0246. The van der Waals surface area contributed by atoms with Gasteiger partial charge in [-0.15, -0.1) is 0 Å². The fraction of sp³-hybridized carbons (Fsp3) is 0.471. The van der Waals surface area contributed by atoms with Crippen LogP contribution in [0.5, 0.6) is 0 Å². The monoisotopic (exact) mass is 285 g/mol. The minimum Gasteiger partial charge on any atom is -0.297 e. The van der Waals surface area contributed by atoms with Crippen molar-refractivity contribution >= 4 is 17.6 Å². The molecule has 0 radical (unpaired) electrons. The van der Waals surface area contributed by atoms with Crippen molar-refractivity contribution in [3.05, 3.63) is 35.4 Å². The third-order valence-corrected chi connectivity index (χ3v) is 4.51. The maximum atomic E-state index is 12.4. The third kappa shape index (κ3) is 2.75. The number of hydrogen-bond donors (Lipinski definition) is 0. The highest BCUT2D eigenvalue weighted by molar-refractivity contribution is 6.11. The standard InChI is InChI=1S/C17H19NO3/c19-15(12-6-2-1-3-7-12)11-18-16(20)10-13-8-4-5-9-14(13)17(18)21/h4-5,8-9,12H,1-3,6-7,10-11H2. The first-order valence-corrected chi connectivity index (χ1v) is 7.62. The Kier molecular flexibility index (Phi) is 3.86. The fourth-order valence-corrected chi connectivity index (χ4v) is 3.27. The van der Waals surface area contributed by atoms with Gasteiger partial charge in [0.2, 0.25) is 5.91 Å². The van der Waals surface area contributed by atoms with Crippen LogP contribution in [-0.4, -0.2) is 29.0 Å². The largest absolute Gasteiger partial charge is 0.297 e. The van der Waals surface area contributed by atoms with E-state index in [9.17, 15) is 14.4 Å². The highest BCUT2D eigenvalue weighted by Gasteiger charge is 2.33. The second kappa shape index (κ2) is 5.80. The van der Waals surface area contributed by atoms with E-state index < -0.39 is 0 Å². The van der Waals surface area contributed by atoms with E-state index in [0.29, 0.717) is 5.56 Å². The Hall–Kier alpha value is -1.97. The van der Waals surface area contributed by atoms with Crippen LogP contribution in [-0.2, 0) is 16.0 Å². The summed E-state index contributed by atoms with van der Waals surface area (Å²) in [6.45, 7) is -0.0589. The zero-order valence-corrected chi connectivity index (χ0v) is 12.0. The van der Waals surface area contributed by atoms with E-state index in [1.54, 1.807) is 18.2 Å². The Balaban J connectivity index is 1.75. The predicted molar refractivity (Wildman–Crippen MR) is 77.8 cm³/mol. The third-order valence-electron chi connectivity index (χ3n) is 4.51. The van der Waals surface area contributed by atoms with Gasteiger partial charge in [-0.25, -0.2) is 0 Å². The van der Waals surface area contributed by atoms with Crippen LogP contribution >= 0.6 is 0 Å². The number of hydrogen-bond acceptors (Lipinski definition) is 3. The molecule has 1 aromatic carbocycles. The molecule has 0 bridgehead atoms. The molecule has 0 unspecified atom stereocenters. The molecule has 2 amide bonds. The molecule has 0 atom stereocenters. The van der Waals surface area contributed by atoms with E-state index in [0.717, 1.165) is 36.1 Å². The topological polar surface area (TPSA) is 54.5 Å². The number of benzene rings is 1. The van der Waals surface area contributed by atoms with E-state index in [2.05, 4.69) is 0 Å². The highest BCUT2D eigenvalue weighted by Crippen LogP contribution is 2.26. The number of rotatable bonds is 3. The van der Waals surface area contributed by atoms with Gasteiger partial charge in [-0.3, -0.25) is 19.3 Å². The van der Waals surface area contributed by atoms with E-state index in [-0.39, 0.29) is 36.5 Å². The summed E-state index contributed by atoms with van der Waals surface area (Å²) in [4.78, 5) is 38.0. The summed E-state index contributed by atoms with van der Waals surface area (Å²) >= 11 is 0. The number of imide groups is 1. The fourth-order valence-electron chi connectivity index (χ4n) is 3.27. The summed E-state index contributed by atoms with van der Waals surface area (Å²) in [5.74, 6) is -0.527. The minimum atomic E-state index is -0.328. The first-order valence-electron chi connectivity index (χ1n) is 7.62. The van der Waals surface area contributed by atoms with Gasteiger partial charge in [0, 0.05) is 11.5 Å². The number of carbonyl (C=O) groups is 3. The molecule has 1 heterocycles. The lowest BCUT2D eigenvalue weighted by Crippen LogP contribution is -2.46. The molecule has 2 aliphatic rings. The van der Waals surface area contributed by atoms with Crippen molar-refractivity contribution in [2.24, 2.45) is 5.92 Å². The lowest BCUT2D eigenvalue weighted by molar-refractivity contribution is -0.134. The van der Waals surface area contributed by atoms with E-state index >= 15 is 0 Å². The smallest absolute Gasteiger partial charge is 0.261 e. The van der Waals surface area contributed by atoms with E-state index in [1.165, 1.54) is 6.42 Å². The molecule has 1 aromatic rings. The SMILES string of the molecule is O=C(CN1C(=O)Cc2ccccc2C1=O)C1CCCCC1. The maximum Gasteiger partial charge on any atom is 0.261 e. The van der Waals surface area contributed by atoms with Crippen molar-refractivity contribution in [3.8, 4) is 0 Å². The van der Waals surface area contributed by atoms with Gasteiger partial charge in [0.25, 0.3) is 5.91 Å². The average Bonchev–Trinajstić information content (AvgIpc) is 2.52. The second-order valence-corrected chi connectivity index (χ2v) is 5.92. The van der Waals surface area contributed by atoms with E-state index in [1.807, 2.05) is 6.07 Å². The molecule has 4 nitrogen and oxygen atoms in total. The van der Waals surface area contributed by atoms with Crippen molar-refractivity contribution < 1.29 is 14.4 Å². The molecular formula is C17H19NO3. The molecule has 4 heteroatoms. The Morgan fingerprint density at radius 3 is 2.57 bits per heavy atom. The Morgan fingerprint density at radius 1 is 1.10 bits per heavy atom. The molecule has 0 spiro atoms. The summed E-state index contributed by atoms with van der Waals surface area (Å²) in [7, 11) is 0. The van der Waals surface area contributed by atoms with Crippen LogP contribution in [0, 0.1) is 5.92 Å². The van der Waals surface area contributed by atoms with Crippen molar-refractivity contribution in [1.29, 1.82) is 0 Å². The average molecular weight is 285 g/mol. The number of Topliss-reactive ketones (excluding diaryl/α,β-unsaturated/α-hetero) is 1. The van der Waals surface area contributed by atoms with Crippen LogP contribution in [0.1, 0.15) is 48.0 Å². The van der Waals surface area contributed by atoms with Crippen molar-refractivity contribution in [2.75, 3.05) is 6.54 Å². The molecule has 0 aromatic heterocycles. The summed E-state index contributed by atoms with van der Waals surface area (Å²) < 4.78 is 0. The van der Waals surface area contributed by atoms with Crippen LogP contribution in [0.3, 0.4) is 0 Å². The summed E-state index contributed by atoms with van der Waals surface area (Å²) in [5.41, 5.74) is 1.31. The van der Waals surface area contributed by atoms with Crippen LogP contribution in [0.4, 0.5) is 0 Å². The van der Waals surface area contributed by atoms with Crippen LogP contribution in [0.15, 0.2) is 24.3 Å². The number of carbonyl (C=O) groups excluding carboxylic acids is 3. The quantitative estimate of drug-likeness (QED) is 0.801. The molecule has 1 aliphatic heterocycles. The van der Waals surface area contributed by atoms with Gasteiger partial charge < -0.3 is 0 Å². The molecular weight excluding hydrogens is 266 g/mol. The van der Waals surface area contributed by atoms with Crippen LogP contribution in [0.25, 0.3) is 0 Å². The van der Waals surface area contributed by atoms with Gasteiger partial charge in [0.15, 0.2) is 5.78 Å². The number of amides is 2. The zero-order valence-electron chi connectivity index (χ0n) is 12.0. The van der Waals surface area contributed by atoms with Crippen molar-refractivity contribution in [2.45, 2.75) is 38.5 Å². The molecule has 21 heavy (non-hydrogen) atoms. The van der Waals surface area contributed by atoms with Gasteiger partial charge in [-0.2, -0.15) is 0 Å². The van der Waals surface area contributed by atoms with Gasteiger partial charge in [0.05, 0.1) is 13.0 Å². The second-order valence-electron chi connectivity index (χ2n) is 5.92. The van der Waals surface area contributed by atoms with E-state index in [4.69, 9.17) is 0 Å². The van der Waals surface area contributed by atoms with Gasteiger partial charge in [-0.1, -0.05) is 37.5 Å². The van der Waals surface area contributed by atoms with Gasteiger partial charge in [0.1, 0.15) is 0 Å². The zero-order chi connectivity index (χ0) is 14.8. The Morgan fingerprint density at radius 2 is 1.81 bits per heavy atom. The Labute approximate surface area is 124 Å². The van der Waals surface area contributed by atoms with Crippen molar-refractivity contribution in [3.63, 3.8) is 0 Å². The molecule has 3 rings (SSSR count). The number of ketones is 1. The first kappa shape index (κ1) is 14.0. The lowest BCUT2D eigenvalue weighted by atomic mass is 9.86. The summed E-state index contributed by atoms with van der Waals surface area (Å²) in [5, 5.41) is 0.